The molecule has 1 aromatic carbocycles. The number of benzene rings is 1. The molecule has 0 heterocycles. The van der Waals surface area contributed by atoms with Crippen LogP contribution in [0.25, 0.3) is 0 Å². The van der Waals surface area contributed by atoms with Gasteiger partial charge >= 0.3 is 0 Å². The highest BCUT2D eigenvalue weighted by molar-refractivity contribution is 5.23. The van der Waals surface area contributed by atoms with Gasteiger partial charge in [0.15, 0.2) is 0 Å². The number of rotatable bonds is 6. The van der Waals surface area contributed by atoms with Gasteiger partial charge in [0.25, 0.3) is 0 Å². The second-order valence-electron chi connectivity index (χ2n) is 4.69. The van der Waals surface area contributed by atoms with Crippen LogP contribution in [0.15, 0.2) is 30.3 Å². The molecule has 0 aliphatic carbocycles. The lowest BCUT2D eigenvalue weighted by Crippen LogP contribution is -2.44. The Hall–Kier alpha value is -0.820. The fourth-order valence-corrected chi connectivity index (χ4v) is 2.50. The van der Waals surface area contributed by atoms with E-state index in [2.05, 4.69) is 51.1 Å². The minimum atomic E-state index is -0.0443. The molecule has 16 heavy (non-hydrogen) atoms. The van der Waals surface area contributed by atoms with Crippen molar-refractivity contribution in [2.24, 2.45) is 5.73 Å². The lowest BCUT2D eigenvalue weighted by molar-refractivity contribution is 0.305. The molecule has 1 nitrogen and oxygen atoms in total. The van der Waals surface area contributed by atoms with Crippen LogP contribution in [-0.2, 0) is 0 Å². The first kappa shape index (κ1) is 13.2. The highest BCUT2D eigenvalue weighted by Crippen LogP contribution is 2.35. The molecule has 0 fully saturated rings. The third-order valence-electron chi connectivity index (χ3n) is 3.79. The monoisotopic (exact) mass is 219 g/mol. The summed E-state index contributed by atoms with van der Waals surface area (Å²) in [6.07, 6.45) is 4.47. The van der Waals surface area contributed by atoms with Crippen LogP contribution in [0.3, 0.4) is 0 Å². The smallest absolute Gasteiger partial charge is 0.0218 e. The van der Waals surface area contributed by atoms with Crippen LogP contribution < -0.4 is 5.73 Å². The van der Waals surface area contributed by atoms with E-state index in [4.69, 9.17) is 5.73 Å². The second kappa shape index (κ2) is 6.05. The van der Waals surface area contributed by atoms with Gasteiger partial charge in [-0.1, -0.05) is 57.5 Å². The lowest BCUT2D eigenvalue weighted by atomic mass is 9.74. The third-order valence-corrected chi connectivity index (χ3v) is 3.79. The van der Waals surface area contributed by atoms with E-state index in [1.807, 2.05) is 0 Å². The molecule has 0 radical (unpaired) electrons. The van der Waals surface area contributed by atoms with E-state index in [0.29, 0.717) is 5.92 Å². The Kier molecular flexibility index (Phi) is 5.01. The third kappa shape index (κ3) is 2.85. The summed E-state index contributed by atoms with van der Waals surface area (Å²) in [7, 11) is 0. The predicted octanol–water partition coefficient (Wildman–Crippen LogP) is 4.09. The first-order valence-electron chi connectivity index (χ1n) is 6.51. The van der Waals surface area contributed by atoms with E-state index in [1.54, 1.807) is 0 Å². The predicted molar refractivity (Wildman–Crippen MR) is 71.6 cm³/mol. The fraction of sp³-hybridized carbons (Fsp3) is 0.600. The summed E-state index contributed by atoms with van der Waals surface area (Å²) in [6, 6.07) is 10.7. The van der Waals surface area contributed by atoms with Crippen molar-refractivity contribution in [2.75, 3.05) is 0 Å². The van der Waals surface area contributed by atoms with Gasteiger partial charge in [-0.2, -0.15) is 0 Å². The van der Waals surface area contributed by atoms with Gasteiger partial charge < -0.3 is 5.73 Å². The van der Waals surface area contributed by atoms with Gasteiger partial charge in [0, 0.05) is 11.5 Å². The standard InChI is InChI=1S/C15H25N/c1-4-10-14(15(16,5-2)6-3)13-11-8-7-9-12-13/h7-9,11-12,14H,4-6,10,16H2,1-3H3. The number of hydrogen-bond donors (Lipinski definition) is 1. The van der Waals surface area contributed by atoms with Crippen LogP contribution in [0, 0.1) is 0 Å². The molecule has 2 N–H and O–H groups in total. The van der Waals surface area contributed by atoms with E-state index >= 15 is 0 Å². The van der Waals surface area contributed by atoms with E-state index in [0.717, 1.165) is 12.8 Å². The molecular weight excluding hydrogens is 194 g/mol. The Morgan fingerprint density at radius 1 is 1.06 bits per heavy atom. The van der Waals surface area contributed by atoms with Gasteiger partial charge in [0.05, 0.1) is 0 Å². The molecule has 0 aliphatic heterocycles. The summed E-state index contributed by atoms with van der Waals surface area (Å²) in [5.74, 6) is 0.494. The maximum atomic E-state index is 6.56. The van der Waals surface area contributed by atoms with E-state index < -0.39 is 0 Å². The average molecular weight is 219 g/mol. The SMILES string of the molecule is CCCC(c1ccccc1)C(N)(CC)CC. The Balaban J connectivity index is 2.99. The van der Waals surface area contributed by atoms with Crippen LogP contribution in [0.4, 0.5) is 0 Å². The zero-order valence-electron chi connectivity index (χ0n) is 10.9. The molecule has 1 rings (SSSR count). The lowest BCUT2D eigenvalue weighted by Gasteiger charge is -2.36. The summed E-state index contributed by atoms with van der Waals surface area (Å²) in [4.78, 5) is 0. The van der Waals surface area contributed by atoms with Crippen LogP contribution in [-0.4, -0.2) is 5.54 Å². The Morgan fingerprint density at radius 3 is 2.06 bits per heavy atom. The summed E-state index contributed by atoms with van der Waals surface area (Å²) in [5.41, 5.74) is 7.91. The first-order chi connectivity index (χ1) is 7.68. The Labute approximate surface area is 100 Å². The highest BCUT2D eigenvalue weighted by atomic mass is 14.8. The molecule has 0 bridgehead atoms. The normalized spacial score (nSPS) is 13.8. The van der Waals surface area contributed by atoms with Gasteiger partial charge in [-0.25, -0.2) is 0 Å². The van der Waals surface area contributed by atoms with Crippen molar-refractivity contribution in [2.45, 2.75) is 57.9 Å². The van der Waals surface area contributed by atoms with Gasteiger partial charge in [0.2, 0.25) is 0 Å². The van der Waals surface area contributed by atoms with Gasteiger partial charge in [0.1, 0.15) is 0 Å². The summed E-state index contributed by atoms with van der Waals surface area (Å²) < 4.78 is 0. The maximum absolute atomic E-state index is 6.56. The van der Waals surface area contributed by atoms with Crippen molar-refractivity contribution in [3.05, 3.63) is 35.9 Å². The first-order valence-corrected chi connectivity index (χ1v) is 6.51. The van der Waals surface area contributed by atoms with Crippen LogP contribution in [0.1, 0.15) is 57.9 Å². The van der Waals surface area contributed by atoms with Gasteiger partial charge in [-0.05, 0) is 24.8 Å². The minimum absolute atomic E-state index is 0.0443. The molecular formula is C15H25N. The molecule has 0 amide bonds. The Bertz CT molecular complexity index is 288. The summed E-state index contributed by atoms with van der Waals surface area (Å²) >= 11 is 0. The number of nitrogens with two attached hydrogens (primary N) is 1. The van der Waals surface area contributed by atoms with E-state index in [1.165, 1.54) is 18.4 Å². The zero-order valence-corrected chi connectivity index (χ0v) is 10.9. The topological polar surface area (TPSA) is 26.0 Å². The molecule has 0 saturated heterocycles. The van der Waals surface area contributed by atoms with Crippen LogP contribution >= 0.6 is 0 Å². The molecule has 1 heteroatoms. The summed E-state index contributed by atoms with van der Waals surface area (Å²) in [6.45, 7) is 6.64. The molecule has 1 aromatic rings. The van der Waals surface area contributed by atoms with Gasteiger partial charge in [-0.15, -0.1) is 0 Å². The summed E-state index contributed by atoms with van der Waals surface area (Å²) in [5, 5.41) is 0. The maximum Gasteiger partial charge on any atom is 0.0218 e. The minimum Gasteiger partial charge on any atom is -0.325 e. The van der Waals surface area contributed by atoms with Crippen LogP contribution in [0.5, 0.6) is 0 Å². The molecule has 0 spiro atoms. The van der Waals surface area contributed by atoms with Crippen molar-refractivity contribution < 1.29 is 0 Å². The van der Waals surface area contributed by atoms with Crippen molar-refractivity contribution in [3.63, 3.8) is 0 Å². The second-order valence-corrected chi connectivity index (χ2v) is 4.69. The van der Waals surface area contributed by atoms with E-state index in [9.17, 15) is 0 Å². The average Bonchev–Trinajstić information content (AvgIpc) is 2.36. The van der Waals surface area contributed by atoms with Crippen molar-refractivity contribution in [3.8, 4) is 0 Å². The molecule has 0 saturated carbocycles. The zero-order chi connectivity index (χ0) is 12.0. The Morgan fingerprint density at radius 2 is 1.62 bits per heavy atom. The van der Waals surface area contributed by atoms with E-state index in [-0.39, 0.29) is 5.54 Å². The molecule has 1 atom stereocenters. The quantitative estimate of drug-likeness (QED) is 0.766. The molecule has 1 unspecified atom stereocenters. The highest BCUT2D eigenvalue weighted by Gasteiger charge is 2.31. The van der Waals surface area contributed by atoms with Crippen LogP contribution in [0.2, 0.25) is 0 Å². The van der Waals surface area contributed by atoms with Crippen molar-refractivity contribution in [1.29, 1.82) is 0 Å². The van der Waals surface area contributed by atoms with Crippen molar-refractivity contribution >= 4 is 0 Å². The largest absolute Gasteiger partial charge is 0.325 e. The fourth-order valence-electron chi connectivity index (χ4n) is 2.50. The van der Waals surface area contributed by atoms with Crippen molar-refractivity contribution in [1.82, 2.24) is 0 Å². The number of hydrogen-bond acceptors (Lipinski definition) is 1. The molecule has 90 valence electrons. The van der Waals surface area contributed by atoms with Gasteiger partial charge in [-0.3, -0.25) is 0 Å². The molecule has 0 aliphatic rings. The molecule has 0 aromatic heterocycles.